The van der Waals surface area contributed by atoms with Crippen LogP contribution in [-0.2, 0) is 4.74 Å². The zero-order chi connectivity index (χ0) is 15.3. The Kier molecular flexibility index (Phi) is 5.45. The highest BCUT2D eigenvalue weighted by Crippen LogP contribution is 2.28. The van der Waals surface area contributed by atoms with Gasteiger partial charge in [-0.1, -0.05) is 0 Å². The Labute approximate surface area is 116 Å². The molecule has 1 aromatic carbocycles. The number of aromatic carboxylic acids is 1. The highest BCUT2D eigenvalue weighted by Gasteiger charge is 2.19. The monoisotopic (exact) mass is 282 g/mol. The van der Waals surface area contributed by atoms with Crippen molar-refractivity contribution in [3.8, 4) is 0 Å². The summed E-state index contributed by atoms with van der Waals surface area (Å²) in [6, 6.07) is 2.49. The van der Waals surface area contributed by atoms with Crippen LogP contribution >= 0.6 is 0 Å². The maximum Gasteiger partial charge on any atom is 0.336 e. The number of nitrogens with one attached hydrogen (secondary N) is 1. The number of nitrogens with zero attached hydrogens (tertiary/aromatic N) is 1. The van der Waals surface area contributed by atoms with Gasteiger partial charge in [0.15, 0.2) is 0 Å². The van der Waals surface area contributed by atoms with Crippen molar-refractivity contribution in [1.82, 2.24) is 0 Å². The van der Waals surface area contributed by atoms with Crippen LogP contribution in [0.4, 0.5) is 11.4 Å². The van der Waals surface area contributed by atoms with E-state index < -0.39 is 10.9 Å². The normalized spacial score (nSPS) is 11.9. The van der Waals surface area contributed by atoms with Crippen LogP contribution < -0.4 is 5.32 Å². The van der Waals surface area contributed by atoms with Crippen molar-refractivity contribution in [2.75, 3.05) is 19.0 Å². The Balaban J connectivity index is 3.10. The molecule has 0 saturated carbocycles. The smallest absolute Gasteiger partial charge is 0.336 e. The first kappa shape index (κ1) is 15.9. The molecule has 0 aromatic heterocycles. The standard InChI is InChI=1S/C13H18N2O5/c1-8(4-5-20-3)14-11-6-10(13(16)17)7-12(9(11)2)15(18)19/h6-8,14H,4-5H2,1-3H3,(H,16,17). The number of carboxylic acid groups (broad SMARTS) is 1. The largest absolute Gasteiger partial charge is 0.478 e. The van der Waals surface area contributed by atoms with Crippen LogP contribution in [0.15, 0.2) is 12.1 Å². The van der Waals surface area contributed by atoms with Crippen LogP contribution in [0.3, 0.4) is 0 Å². The SMILES string of the molecule is COCCC(C)Nc1cc(C(=O)O)cc([N+](=O)[O-])c1C. The van der Waals surface area contributed by atoms with Gasteiger partial charge in [0.25, 0.3) is 5.69 Å². The van der Waals surface area contributed by atoms with Crippen LogP contribution in [-0.4, -0.2) is 35.8 Å². The Bertz CT molecular complexity index is 516. The Hall–Kier alpha value is -2.15. The minimum absolute atomic E-state index is 0.0114. The lowest BCUT2D eigenvalue weighted by Gasteiger charge is -2.17. The number of anilines is 1. The number of hydrogen-bond acceptors (Lipinski definition) is 5. The molecule has 0 bridgehead atoms. The molecule has 1 aromatic rings. The van der Waals surface area contributed by atoms with E-state index in [-0.39, 0.29) is 17.3 Å². The maximum atomic E-state index is 11.0. The predicted octanol–water partition coefficient (Wildman–Crippen LogP) is 2.44. The molecule has 0 amide bonds. The second-order valence-corrected chi connectivity index (χ2v) is 4.56. The lowest BCUT2D eigenvalue weighted by atomic mass is 10.1. The molecule has 0 fully saturated rings. The van der Waals surface area contributed by atoms with Gasteiger partial charge in [-0.3, -0.25) is 10.1 Å². The second-order valence-electron chi connectivity index (χ2n) is 4.56. The van der Waals surface area contributed by atoms with E-state index in [0.29, 0.717) is 24.3 Å². The van der Waals surface area contributed by atoms with Gasteiger partial charge in [0.05, 0.1) is 10.5 Å². The first-order valence-electron chi connectivity index (χ1n) is 6.14. The third-order valence-corrected chi connectivity index (χ3v) is 2.98. The molecule has 2 N–H and O–H groups in total. The van der Waals surface area contributed by atoms with Crippen molar-refractivity contribution in [1.29, 1.82) is 0 Å². The Morgan fingerprint density at radius 3 is 2.70 bits per heavy atom. The molecule has 0 spiro atoms. The first-order chi connectivity index (χ1) is 9.36. The number of ether oxygens (including phenoxy) is 1. The summed E-state index contributed by atoms with van der Waals surface area (Å²) in [5.41, 5.74) is 0.569. The number of nitro benzene ring substituents is 1. The number of methoxy groups -OCH3 is 1. The summed E-state index contributed by atoms with van der Waals surface area (Å²) in [6.45, 7) is 4.04. The fourth-order valence-corrected chi connectivity index (χ4v) is 1.79. The lowest BCUT2D eigenvalue weighted by molar-refractivity contribution is -0.385. The molecule has 0 saturated heterocycles. The number of carbonyl (C=O) groups is 1. The summed E-state index contributed by atoms with van der Waals surface area (Å²) < 4.78 is 4.96. The Morgan fingerprint density at radius 2 is 2.20 bits per heavy atom. The van der Waals surface area contributed by atoms with Crippen LogP contribution in [0.2, 0.25) is 0 Å². The molecule has 0 aliphatic carbocycles. The van der Waals surface area contributed by atoms with E-state index in [1.165, 1.54) is 6.07 Å². The van der Waals surface area contributed by atoms with Gasteiger partial charge in [0.2, 0.25) is 0 Å². The summed E-state index contributed by atoms with van der Waals surface area (Å²) in [7, 11) is 1.59. The van der Waals surface area contributed by atoms with Gasteiger partial charge in [-0.25, -0.2) is 4.79 Å². The van der Waals surface area contributed by atoms with Crippen molar-refractivity contribution in [3.63, 3.8) is 0 Å². The average molecular weight is 282 g/mol. The topological polar surface area (TPSA) is 102 Å². The van der Waals surface area contributed by atoms with Crippen LogP contribution in [0.5, 0.6) is 0 Å². The predicted molar refractivity (Wildman–Crippen MR) is 74.4 cm³/mol. The van der Waals surface area contributed by atoms with Gasteiger partial charge < -0.3 is 15.2 Å². The highest BCUT2D eigenvalue weighted by atomic mass is 16.6. The number of rotatable bonds is 7. The summed E-state index contributed by atoms with van der Waals surface area (Å²) >= 11 is 0. The fourth-order valence-electron chi connectivity index (χ4n) is 1.79. The minimum atomic E-state index is -1.19. The van der Waals surface area contributed by atoms with Crippen molar-refractivity contribution in [2.24, 2.45) is 0 Å². The zero-order valence-corrected chi connectivity index (χ0v) is 11.7. The van der Waals surface area contributed by atoms with E-state index in [2.05, 4.69) is 5.32 Å². The molecule has 110 valence electrons. The van der Waals surface area contributed by atoms with E-state index in [0.717, 1.165) is 6.07 Å². The third kappa shape index (κ3) is 3.92. The van der Waals surface area contributed by atoms with Crippen molar-refractivity contribution in [3.05, 3.63) is 33.4 Å². The van der Waals surface area contributed by atoms with E-state index in [1.807, 2.05) is 6.92 Å². The van der Waals surface area contributed by atoms with E-state index >= 15 is 0 Å². The zero-order valence-electron chi connectivity index (χ0n) is 11.7. The molecule has 7 heteroatoms. The van der Waals surface area contributed by atoms with Gasteiger partial charge in [-0.05, 0) is 26.3 Å². The minimum Gasteiger partial charge on any atom is -0.478 e. The number of benzene rings is 1. The van der Waals surface area contributed by atoms with Gasteiger partial charge in [0, 0.05) is 37.1 Å². The van der Waals surface area contributed by atoms with E-state index in [9.17, 15) is 14.9 Å². The fraction of sp³-hybridized carbons (Fsp3) is 0.462. The average Bonchev–Trinajstić information content (AvgIpc) is 2.38. The van der Waals surface area contributed by atoms with Crippen molar-refractivity contribution >= 4 is 17.3 Å². The molecular weight excluding hydrogens is 264 g/mol. The van der Waals surface area contributed by atoms with Crippen molar-refractivity contribution in [2.45, 2.75) is 26.3 Å². The molecule has 0 aliphatic rings. The maximum absolute atomic E-state index is 11.0. The van der Waals surface area contributed by atoms with E-state index in [1.54, 1.807) is 14.0 Å². The molecule has 0 radical (unpaired) electrons. The molecule has 0 heterocycles. The molecule has 20 heavy (non-hydrogen) atoms. The quantitative estimate of drug-likeness (QED) is 0.588. The van der Waals surface area contributed by atoms with Crippen molar-refractivity contribution < 1.29 is 19.6 Å². The van der Waals surface area contributed by atoms with Gasteiger partial charge in [0.1, 0.15) is 0 Å². The first-order valence-corrected chi connectivity index (χ1v) is 6.14. The summed E-state index contributed by atoms with van der Waals surface area (Å²) in [5, 5.41) is 23.1. The second kappa shape index (κ2) is 6.85. The molecule has 1 rings (SSSR count). The van der Waals surface area contributed by atoms with Gasteiger partial charge in [-0.15, -0.1) is 0 Å². The molecule has 1 unspecified atom stereocenters. The molecule has 0 aliphatic heterocycles. The van der Waals surface area contributed by atoms with Crippen LogP contribution in [0, 0.1) is 17.0 Å². The number of nitro groups is 1. The molecular formula is C13H18N2O5. The molecule has 7 nitrogen and oxygen atoms in total. The summed E-state index contributed by atoms with van der Waals surface area (Å²) in [5.74, 6) is -1.19. The van der Waals surface area contributed by atoms with Gasteiger partial charge >= 0.3 is 5.97 Å². The Morgan fingerprint density at radius 1 is 1.55 bits per heavy atom. The summed E-state index contributed by atoms with van der Waals surface area (Å²) in [4.78, 5) is 21.4. The van der Waals surface area contributed by atoms with E-state index in [4.69, 9.17) is 9.84 Å². The lowest BCUT2D eigenvalue weighted by Crippen LogP contribution is -2.18. The third-order valence-electron chi connectivity index (χ3n) is 2.98. The number of hydrogen-bond donors (Lipinski definition) is 2. The van der Waals surface area contributed by atoms with Gasteiger partial charge in [-0.2, -0.15) is 0 Å². The summed E-state index contributed by atoms with van der Waals surface area (Å²) in [6.07, 6.45) is 0.709. The number of carboxylic acids is 1. The molecule has 1 atom stereocenters. The van der Waals surface area contributed by atoms with Crippen LogP contribution in [0.1, 0.15) is 29.3 Å². The highest BCUT2D eigenvalue weighted by molar-refractivity contribution is 5.90. The van der Waals surface area contributed by atoms with Crippen LogP contribution in [0.25, 0.3) is 0 Å².